The quantitative estimate of drug-likeness (QED) is 0.835. The molecule has 2 N–H and O–H groups in total. The number of halogens is 2. The Hall–Kier alpha value is -0.390. The van der Waals surface area contributed by atoms with E-state index in [0.29, 0.717) is 12.1 Å². The molecule has 0 radical (unpaired) electrons. The first-order chi connectivity index (χ1) is 8.65. The molecule has 18 heavy (non-hydrogen) atoms. The smallest absolute Gasteiger partial charge is 0.229 e. The van der Waals surface area contributed by atoms with E-state index in [1.807, 2.05) is 18.2 Å². The Kier molecular flexibility index (Phi) is 3.47. The summed E-state index contributed by atoms with van der Waals surface area (Å²) >= 11 is 6.93. The van der Waals surface area contributed by atoms with E-state index < -0.39 is 0 Å². The van der Waals surface area contributed by atoms with Crippen molar-refractivity contribution in [1.82, 2.24) is 5.32 Å². The van der Waals surface area contributed by atoms with Crippen molar-refractivity contribution in [1.29, 1.82) is 0 Å². The molecule has 3 unspecified atom stereocenters. The Labute approximate surface area is 123 Å². The fraction of sp³-hybridized carbons (Fsp3) is 0.462. The van der Waals surface area contributed by atoms with Gasteiger partial charge in [-0.15, -0.1) is 0 Å². The van der Waals surface area contributed by atoms with Crippen molar-refractivity contribution in [3.05, 3.63) is 27.1 Å². The van der Waals surface area contributed by atoms with E-state index in [9.17, 15) is 4.79 Å². The number of hydrogen-bond acceptors (Lipinski definition) is 2. The van der Waals surface area contributed by atoms with Crippen molar-refractivity contribution in [2.75, 3.05) is 5.32 Å². The molecule has 2 bridgehead atoms. The molecule has 0 saturated carbocycles. The Balaban J connectivity index is 1.75. The minimum Gasteiger partial charge on any atom is -0.324 e. The van der Waals surface area contributed by atoms with Crippen LogP contribution >= 0.6 is 31.9 Å². The maximum Gasteiger partial charge on any atom is 0.229 e. The predicted molar refractivity (Wildman–Crippen MR) is 78.5 cm³/mol. The fourth-order valence-corrected chi connectivity index (χ4v) is 4.14. The second kappa shape index (κ2) is 4.94. The van der Waals surface area contributed by atoms with Crippen LogP contribution in [0.25, 0.3) is 0 Å². The molecule has 0 aromatic heterocycles. The predicted octanol–water partition coefficient (Wildman–Crippen LogP) is 3.29. The molecule has 2 aliphatic heterocycles. The summed E-state index contributed by atoms with van der Waals surface area (Å²) in [5.41, 5.74) is 0.824. The van der Waals surface area contributed by atoms with Crippen molar-refractivity contribution < 1.29 is 4.79 Å². The van der Waals surface area contributed by atoms with E-state index in [-0.39, 0.29) is 11.8 Å². The number of anilines is 1. The number of amides is 1. The molecule has 3 atom stereocenters. The lowest BCUT2D eigenvalue weighted by Crippen LogP contribution is -2.33. The molecule has 0 aliphatic carbocycles. The van der Waals surface area contributed by atoms with Crippen LogP contribution in [0.5, 0.6) is 0 Å². The van der Waals surface area contributed by atoms with Crippen molar-refractivity contribution in [3.8, 4) is 0 Å². The van der Waals surface area contributed by atoms with Gasteiger partial charge in [-0.1, -0.05) is 6.07 Å². The number of fused-ring (bicyclic) bond motifs is 2. The highest BCUT2D eigenvalue weighted by molar-refractivity contribution is 9.11. The Morgan fingerprint density at radius 3 is 2.56 bits per heavy atom. The van der Waals surface area contributed by atoms with Gasteiger partial charge in [-0.3, -0.25) is 4.79 Å². The molecule has 3 nitrogen and oxygen atoms in total. The number of para-hydroxylation sites is 1. The highest BCUT2D eigenvalue weighted by Gasteiger charge is 2.42. The van der Waals surface area contributed by atoms with Crippen molar-refractivity contribution in [2.45, 2.75) is 31.3 Å². The largest absolute Gasteiger partial charge is 0.324 e. The Morgan fingerprint density at radius 1 is 1.28 bits per heavy atom. The number of carbonyl (C=O) groups excluding carboxylic acids is 1. The first-order valence-electron chi connectivity index (χ1n) is 6.16. The lowest BCUT2D eigenvalue weighted by molar-refractivity contribution is -0.120. The van der Waals surface area contributed by atoms with E-state index in [4.69, 9.17) is 0 Å². The van der Waals surface area contributed by atoms with Crippen LogP contribution in [-0.2, 0) is 4.79 Å². The molecule has 2 aliphatic rings. The molecule has 2 fully saturated rings. The minimum absolute atomic E-state index is 0.114. The molecule has 1 amide bonds. The molecule has 3 rings (SSSR count). The van der Waals surface area contributed by atoms with E-state index in [1.54, 1.807) is 0 Å². The van der Waals surface area contributed by atoms with Crippen LogP contribution in [0.4, 0.5) is 5.69 Å². The topological polar surface area (TPSA) is 41.1 Å². The average Bonchev–Trinajstić information content (AvgIpc) is 2.96. The normalized spacial score (nSPS) is 29.6. The van der Waals surface area contributed by atoms with Crippen LogP contribution < -0.4 is 10.6 Å². The van der Waals surface area contributed by atoms with Crippen LogP contribution in [0.15, 0.2) is 27.1 Å². The van der Waals surface area contributed by atoms with Gasteiger partial charge in [0.1, 0.15) is 0 Å². The zero-order chi connectivity index (χ0) is 12.7. The van der Waals surface area contributed by atoms with Crippen LogP contribution in [-0.4, -0.2) is 18.0 Å². The van der Waals surface area contributed by atoms with Gasteiger partial charge in [0, 0.05) is 21.0 Å². The van der Waals surface area contributed by atoms with Crippen molar-refractivity contribution in [2.24, 2.45) is 5.92 Å². The molecule has 5 heteroatoms. The summed E-state index contributed by atoms with van der Waals surface area (Å²) in [6, 6.07) is 6.71. The molecule has 2 saturated heterocycles. The third-order valence-electron chi connectivity index (χ3n) is 3.85. The van der Waals surface area contributed by atoms with Gasteiger partial charge in [0.05, 0.1) is 11.6 Å². The fourth-order valence-electron chi connectivity index (χ4n) is 2.95. The Morgan fingerprint density at radius 2 is 2.00 bits per heavy atom. The van der Waals surface area contributed by atoms with Crippen LogP contribution in [0.1, 0.15) is 19.3 Å². The highest BCUT2D eigenvalue weighted by atomic mass is 79.9. The van der Waals surface area contributed by atoms with Crippen LogP contribution in [0, 0.1) is 5.92 Å². The highest BCUT2D eigenvalue weighted by Crippen LogP contribution is 2.36. The molecule has 1 aromatic rings. The molecule has 0 spiro atoms. The van der Waals surface area contributed by atoms with Crippen LogP contribution in [0.2, 0.25) is 0 Å². The summed E-state index contributed by atoms with van der Waals surface area (Å²) in [4.78, 5) is 12.3. The Bertz CT molecular complexity index is 472. The summed E-state index contributed by atoms with van der Waals surface area (Å²) in [6.07, 6.45) is 3.31. The van der Waals surface area contributed by atoms with Crippen LogP contribution in [0.3, 0.4) is 0 Å². The lowest BCUT2D eigenvalue weighted by atomic mass is 9.88. The summed E-state index contributed by atoms with van der Waals surface area (Å²) in [7, 11) is 0. The lowest BCUT2D eigenvalue weighted by Gasteiger charge is -2.20. The molecular formula is C13H14Br2N2O. The third kappa shape index (κ3) is 2.24. The third-order valence-corrected chi connectivity index (χ3v) is 5.17. The first-order valence-corrected chi connectivity index (χ1v) is 7.74. The number of benzene rings is 1. The summed E-state index contributed by atoms with van der Waals surface area (Å²) < 4.78 is 1.81. The minimum atomic E-state index is 0.114. The summed E-state index contributed by atoms with van der Waals surface area (Å²) in [5.74, 6) is 0.241. The zero-order valence-electron chi connectivity index (χ0n) is 9.75. The average molecular weight is 374 g/mol. The molecular weight excluding hydrogens is 360 g/mol. The summed E-state index contributed by atoms with van der Waals surface area (Å²) in [6.45, 7) is 0. The van der Waals surface area contributed by atoms with Gasteiger partial charge in [-0.25, -0.2) is 0 Å². The van der Waals surface area contributed by atoms with Crippen molar-refractivity contribution >= 4 is 43.5 Å². The van der Waals surface area contributed by atoms with E-state index in [2.05, 4.69) is 42.5 Å². The van der Waals surface area contributed by atoms with Gasteiger partial charge < -0.3 is 10.6 Å². The standard InChI is InChI=1S/C13H14Br2N2O/c14-9-2-1-3-10(15)12(9)17-13(18)8-6-7-4-5-11(8)16-7/h1-3,7-8,11,16H,4-6H2,(H,17,18). The second-order valence-electron chi connectivity index (χ2n) is 4.98. The van der Waals surface area contributed by atoms with Gasteiger partial charge in [0.2, 0.25) is 5.91 Å². The maximum absolute atomic E-state index is 12.3. The van der Waals surface area contributed by atoms with E-state index >= 15 is 0 Å². The molecule has 2 heterocycles. The maximum atomic E-state index is 12.3. The van der Waals surface area contributed by atoms with Gasteiger partial charge in [-0.2, -0.15) is 0 Å². The number of nitrogens with one attached hydrogen (secondary N) is 2. The van der Waals surface area contributed by atoms with Crippen molar-refractivity contribution in [3.63, 3.8) is 0 Å². The van der Waals surface area contributed by atoms with Gasteiger partial charge in [-0.05, 0) is 63.3 Å². The van der Waals surface area contributed by atoms with E-state index in [1.165, 1.54) is 6.42 Å². The number of carbonyl (C=O) groups is 1. The zero-order valence-corrected chi connectivity index (χ0v) is 12.9. The SMILES string of the molecule is O=C(Nc1c(Br)cccc1Br)C1CC2CCC1N2. The second-order valence-corrected chi connectivity index (χ2v) is 6.68. The monoisotopic (exact) mass is 372 g/mol. The van der Waals surface area contributed by atoms with Gasteiger partial charge >= 0.3 is 0 Å². The number of hydrogen-bond donors (Lipinski definition) is 2. The molecule has 96 valence electrons. The molecule has 1 aromatic carbocycles. The van der Waals surface area contributed by atoms with Gasteiger partial charge in [0.25, 0.3) is 0 Å². The van der Waals surface area contributed by atoms with Gasteiger partial charge in [0.15, 0.2) is 0 Å². The number of rotatable bonds is 2. The summed E-state index contributed by atoms with van der Waals surface area (Å²) in [5, 5.41) is 6.52. The first kappa shape index (κ1) is 12.6. The van der Waals surface area contributed by atoms with E-state index in [0.717, 1.165) is 27.5 Å².